The van der Waals surface area contributed by atoms with E-state index < -0.39 is 23.3 Å². The lowest BCUT2D eigenvalue weighted by atomic mass is 9.79. The molecule has 2 N–H and O–H groups in total. The van der Waals surface area contributed by atoms with Crippen molar-refractivity contribution in [2.75, 3.05) is 13.2 Å². The van der Waals surface area contributed by atoms with Gasteiger partial charge in [0.2, 0.25) is 11.8 Å². The van der Waals surface area contributed by atoms with Crippen molar-refractivity contribution in [1.82, 2.24) is 10.2 Å². The zero-order valence-corrected chi connectivity index (χ0v) is 22.9. The minimum atomic E-state index is -1.32. The lowest BCUT2D eigenvalue weighted by Crippen LogP contribution is -2.57. The highest BCUT2D eigenvalue weighted by molar-refractivity contribution is 6.35. The van der Waals surface area contributed by atoms with Gasteiger partial charge in [0.05, 0.1) is 18.8 Å². The number of rotatable bonds is 11. The minimum Gasteiger partial charge on any atom is -0.489 e. The molecular formula is C28H32Cl2N2O6. The Hall–Kier alpha value is -2.81. The minimum absolute atomic E-state index is 0.0128. The number of carboxylic acids is 1. The summed E-state index contributed by atoms with van der Waals surface area (Å²) in [5.74, 6) is -1.42. The number of benzene rings is 2. The van der Waals surface area contributed by atoms with Crippen LogP contribution in [0.3, 0.4) is 0 Å². The lowest BCUT2D eigenvalue weighted by Gasteiger charge is -2.37. The number of likely N-dealkylation sites (tertiary alicyclic amines) is 1. The number of hydrogen-bond acceptors (Lipinski definition) is 5. The van der Waals surface area contributed by atoms with Gasteiger partial charge >= 0.3 is 5.97 Å². The highest BCUT2D eigenvalue weighted by Gasteiger charge is 2.51. The maximum atomic E-state index is 13.5. The second kappa shape index (κ2) is 11.9. The first-order valence-electron chi connectivity index (χ1n) is 12.8. The molecule has 2 saturated heterocycles. The number of amides is 2. The third-order valence-electron chi connectivity index (χ3n) is 7.62. The van der Waals surface area contributed by atoms with Crippen molar-refractivity contribution in [3.8, 4) is 5.75 Å². The number of carboxylic acid groups (broad SMARTS) is 1. The molecule has 2 aromatic rings. The Bertz CT molecular complexity index is 1160. The Morgan fingerprint density at radius 2 is 1.79 bits per heavy atom. The zero-order chi connectivity index (χ0) is 27.4. The molecule has 10 heteroatoms. The molecule has 2 heterocycles. The first-order valence-corrected chi connectivity index (χ1v) is 13.5. The average Bonchev–Trinajstić information content (AvgIpc) is 3.54. The Morgan fingerprint density at radius 3 is 2.32 bits per heavy atom. The molecule has 8 nitrogen and oxygen atoms in total. The summed E-state index contributed by atoms with van der Waals surface area (Å²) in [7, 11) is 0. The Kier molecular flexibility index (Phi) is 8.85. The van der Waals surface area contributed by atoms with E-state index >= 15 is 0 Å². The molecule has 204 valence electrons. The molecule has 2 bridgehead atoms. The number of fused-ring (bicyclic) bond motifs is 2. The lowest BCUT2D eigenvalue weighted by molar-refractivity contribution is -0.156. The third-order valence-corrected chi connectivity index (χ3v) is 8.33. The smallest absolute Gasteiger partial charge is 0.326 e. The van der Waals surface area contributed by atoms with E-state index in [1.807, 2.05) is 0 Å². The summed E-state index contributed by atoms with van der Waals surface area (Å²) in [6, 6.07) is 10.9. The predicted molar refractivity (Wildman–Crippen MR) is 143 cm³/mol. The van der Waals surface area contributed by atoms with Gasteiger partial charge in [-0.15, -0.1) is 0 Å². The third kappa shape index (κ3) is 5.77. The summed E-state index contributed by atoms with van der Waals surface area (Å²) in [4.78, 5) is 40.8. The number of halogens is 2. The van der Waals surface area contributed by atoms with Gasteiger partial charge in [-0.2, -0.15) is 0 Å². The maximum absolute atomic E-state index is 13.5. The number of hydrogen-bond donors (Lipinski definition) is 2. The summed E-state index contributed by atoms with van der Waals surface area (Å²) in [6.07, 6.45) is 1.39. The summed E-state index contributed by atoms with van der Waals surface area (Å²) in [6.45, 7) is 4.70. The van der Waals surface area contributed by atoms with Gasteiger partial charge < -0.3 is 24.8 Å². The summed E-state index contributed by atoms with van der Waals surface area (Å²) < 4.78 is 11.4. The number of carbonyl (C=O) groups excluding carboxylic acids is 2. The summed E-state index contributed by atoms with van der Waals surface area (Å²) in [5.41, 5.74) is 0.0445. The van der Waals surface area contributed by atoms with E-state index in [4.69, 9.17) is 32.7 Å². The molecule has 0 unspecified atom stereocenters. The highest BCUT2D eigenvalue weighted by atomic mass is 35.5. The van der Waals surface area contributed by atoms with Crippen molar-refractivity contribution in [3.63, 3.8) is 0 Å². The normalized spacial score (nSPS) is 19.3. The predicted octanol–water partition coefficient (Wildman–Crippen LogP) is 4.49. The van der Waals surface area contributed by atoms with E-state index in [0.29, 0.717) is 40.1 Å². The fourth-order valence-corrected chi connectivity index (χ4v) is 5.68. The molecule has 0 saturated carbocycles. The number of ether oxygens (including phenoxy) is 2. The molecule has 2 aromatic carbocycles. The molecule has 3 atom stereocenters. The van der Waals surface area contributed by atoms with Gasteiger partial charge in [0, 0.05) is 28.6 Å². The molecule has 2 amide bonds. The summed E-state index contributed by atoms with van der Waals surface area (Å²) in [5, 5.41) is 13.5. The molecule has 0 aliphatic carbocycles. The van der Waals surface area contributed by atoms with E-state index in [1.165, 1.54) is 0 Å². The number of aliphatic carboxylic acids is 1. The molecule has 0 aromatic heterocycles. The molecule has 2 fully saturated rings. The number of nitrogens with one attached hydrogen (secondary N) is 1. The van der Waals surface area contributed by atoms with Gasteiger partial charge in [-0.05, 0) is 49.1 Å². The van der Waals surface area contributed by atoms with Crippen molar-refractivity contribution in [1.29, 1.82) is 0 Å². The first kappa shape index (κ1) is 28.2. The SMILES string of the molecule is CCC(CC)(C(=O)N[C@@H](Cc1ccc(OCc2c(Cl)cccc2Cl)cc1)C(=O)O)C(=O)N1C[C@@H]2C[C@H]1CO2. The Labute approximate surface area is 232 Å². The number of morpholine rings is 1. The molecule has 4 rings (SSSR count). The van der Waals surface area contributed by atoms with Crippen molar-refractivity contribution in [3.05, 3.63) is 63.6 Å². The van der Waals surface area contributed by atoms with E-state index in [9.17, 15) is 19.5 Å². The van der Waals surface area contributed by atoms with Gasteiger partial charge in [0.25, 0.3) is 0 Å². The van der Waals surface area contributed by atoms with Crippen LogP contribution in [0, 0.1) is 5.41 Å². The number of nitrogens with zero attached hydrogens (tertiary/aromatic N) is 1. The second-order valence-corrected chi connectivity index (χ2v) is 10.6. The van der Waals surface area contributed by atoms with Gasteiger partial charge in [0.15, 0.2) is 0 Å². The van der Waals surface area contributed by atoms with Crippen LogP contribution in [0.15, 0.2) is 42.5 Å². The van der Waals surface area contributed by atoms with Crippen LogP contribution in [-0.2, 0) is 32.1 Å². The van der Waals surface area contributed by atoms with Crippen LogP contribution in [0.2, 0.25) is 10.0 Å². The van der Waals surface area contributed by atoms with Crippen molar-refractivity contribution in [2.45, 2.75) is 64.3 Å². The van der Waals surface area contributed by atoms with E-state index in [-0.39, 0.29) is 43.9 Å². The van der Waals surface area contributed by atoms with Crippen molar-refractivity contribution < 1.29 is 29.0 Å². The van der Waals surface area contributed by atoms with Gasteiger partial charge in [-0.1, -0.05) is 55.2 Å². The molecular weight excluding hydrogens is 531 g/mol. The monoisotopic (exact) mass is 562 g/mol. The van der Waals surface area contributed by atoms with Crippen LogP contribution in [-0.4, -0.2) is 59.1 Å². The second-order valence-electron chi connectivity index (χ2n) is 9.79. The molecule has 2 aliphatic heterocycles. The van der Waals surface area contributed by atoms with Crippen LogP contribution in [0.4, 0.5) is 0 Å². The molecule has 0 radical (unpaired) electrons. The maximum Gasteiger partial charge on any atom is 0.326 e. The summed E-state index contributed by atoms with van der Waals surface area (Å²) >= 11 is 12.4. The molecule has 2 aliphatic rings. The fourth-order valence-electron chi connectivity index (χ4n) is 5.17. The molecule has 0 spiro atoms. The van der Waals surface area contributed by atoms with Crippen molar-refractivity contribution in [2.24, 2.45) is 5.41 Å². The van der Waals surface area contributed by atoms with Crippen molar-refractivity contribution >= 4 is 41.0 Å². The van der Waals surface area contributed by atoms with Crippen LogP contribution >= 0.6 is 23.2 Å². The Morgan fingerprint density at radius 1 is 1.13 bits per heavy atom. The fraction of sp³-hybridized carbons (Fsp3) is 0.464. The highest BCUT2D eigenvalue weighted by Crippen LogP contribution is 2.36. The van der Waals surface area contributed by atoms with Crippen LogP contribution in [0.5, 0.6) is 5.75 Å². The van der Waals surface area contributed by atoms with Gasteiger partial charge in [-0.3, -0.25) is 9.59 Å². The first-order chi connectivity index (χ1) is 18.2. The molecule has 38 heavy (non-hydrogen) atoms. The van der Waals surface area contributed by atoms with E-state index in [2.05, 4.69) is 5.32 Å². The topological polar surface area (TPSA) is 105 Å². The number of carbonyl (C=O) groups is 3. The van der Waals surface area contributed by atoms with Crippen LogP contribution < -0.4 is 10.1 Å². The zero-order valence-electron chi connectivity index (χ0n) is 21.4. The standard InChI is InChI=1S/C28H32Cl2N2O6/c1-3-28(4-2,27(36)32-14-20-13-18(32)15-37-20)26(35)31-24(25(33)34)12-17-8-10-19(11-9-17)38-16-21-22(29)6-5-7-23(21)30/h5-11,18,20,24H,3-4,12-16H2,1-2H3,(H,31,35)(H,33,34)/t18-,20-,24-/m0/s1. The Balaban J connectivity index is 1.41. The van der Waals surface area contributed by atoms with Gasteiger partial charge in [0.1, 0.15) is 23.8 Å². The van der Waals surface area contributed by atoms with E-state index in [0.717, 1.165) is 6.42 Å². The van der Waals surface area contributed by atoms with Crippen LogP contribution in [0.25, 0.3) is 0 Å². The van der Waals surface area contributed by atoms with E-state index in [1.54, 1.807) is 61.2 Å². The average molecular weight is 563 g/mol. The quantitative estimate of drug-likeness (QED) is 0.391. The van der Waals surface area contributed by atoms with Crippen LogP contribution in [0.1, 0.15) is 44.2 Å². The van der Waals surface area contributed by atoms with Gasteiger partial charge in [-0.25, -0.2) is 4.79 Å². The largest absolute Gasteiger partial charge is 0.489 e.